The minimum atomic E-state index is -0.163. The van der Waals surface area contributed by atoms with Gasteiger partial charge in [0.2, 0.25) is 0 Å². The second-order valence-electron chi connectivity index (χ2n) is 5.54. The molecule has 3 heteroatoms. The summed E-state index contributed by atoms with van der Waals surface area (Å²) in [5.74, 6) is 0.380. The molecule has 2 rings (SSSR count). The highest BCUT2D eigenvalue weighted by Gasteiger charge is 2.12. The van der Waals surface area contributed by atoms with Crippen LogP contribution in [0.25, 0.3) is 0 Å². The Bertz CT molecular complexity index is 490. The molecular formula is C17H22FNS. The average Bonchev–Trinajstić information content (AvgIpc) is 2.91. The molecule has 0 amide bonds. The van der Waals surface area contributed by atoms with Crippen LogP contribution in [0, 0.1) is 11.7 Å². The van der Waals surface area contributed by atoms with Crippen molar-refractivity contribution in [2.75, 3.05) is 6.54 Å². The molecule has 1 N–H and O–H groups in total. The van der Waals surface area contributed by atoms with Gasteiger partial charge in [0, 0.05) is 10.9 Å². The number of nitrogens with one attached hydrogen (secondary N) is 1. The zero-order valence-corrected chi connectivity index (χ0v) is 12.9. The van der Waals surface area contributed by atoms with Crippen LogP contribution in [0.5, 0.6) is 0 Å². The van der Waals surface area contributed by atoms with Crippen LogP contribution in [0.1, 0.15) is 24.3 Å². The maximum absolute atomic E-state index is 13.0. The molecule has 1 aromatic heterocycles. The molecule has 1 nitrogen and oxygen atoms in total. The van der Waals surface area contributed by atoms with Gasteiger partial charge in [0.05, 0.1) is 0 Å². The molecule has 0 spiro atoms. The van der Waals surface area contributed by atoms with Crippen LogP contribution in [0.4, 0.5) is 4.39 Å². The maximum atomic E-state index is 13.0. The normalized spacial score (nSPS) is 12.8. The van der Waals surface area contributed by atoms with Crippen LogP contribution in [0.2, 0.25) is 0 Å². The SMILES string of the molecule is CC(C)NCC(Cc1ccc(F)cc1)Cc1cccs1. The van der Waals surface area contributed by atoms with Crippen molar-refractivity contribution in [1.29, 1.82) is 0 Å². The Labute approximate surface area is 124 Å². The summed E-state index contributed by atoms with van der Waals surface area (Å²) in [4.78, 5) is 1.42. The van der Waals surface area contributed by atoms with Crippen LogP contribution >= 0.6 is 11.3 Å². The van der Waals surface area contributed by atoms with Gasteiger partial charge in [-0.2, -0.15) is 0 Å². The first-order chi connectivity index (χ1) is 9.63. The van der Waals surface area contributed by atoms with Crippen LogP contribution in [-0.2, 0) is 12.8 Å². The van der Waals surface area contributed by atoms with E-state index in [0.717, 1.165) is 19.4 Å². The molecule has 0 fully saturated rings. The fourth-order valence-corrected chi connectivity index (χ4v) is 3.11. The molecule has 1 aromatic carbocycles. The standard InChI is InChI=1S/C17H22FNS/c1-13(2)19-12-15(11-17-4-3-9-20-17)10-14-5-7-16(18)8-6-14/h3-9,13,15,19H,10-12H2,1-2H3. The molecule has 1 atom stereocenters. The Morgan fingerprint density at radius 3 is 2.45 bits per heavy atom. The molecular weight excluding hydrogens is 269 g/mol. The van der Waals surface area contributed by atoms with E-state index in [1.165, 1.54) is 10.4 Å². The van der Waals surface area contributed by atoms with Crippen LogP contribution in [0.3, 0.4) is 0 Å². The highest BCUT2D eigenvalue weighted by atomic mass is 32.1. The Morgan fingerprint density at radius 2 is 1.85 bits per heavy atom. The molecule has 2 aromatic rings. The number of halogens is 1. The lowest BCUT2D eigenvalue weighted by molar-refractivity contribution is 0.446. The van der Waals surface area contributed by atoms with Crippen molar-refractivity contribution in [1.82, 2.24) is 5.32 Å². The second kappa shape index (κ2) is 7.55. The lowest BCUT2D eigenvalue weighted by Crippen LogP contribution is -2.30. The molecule has 20 heavy (non-hydrogen) atoms. The van der Waals surface area contributed by atoms with E-state index in [0.29, 0.717) is 12.0 Å². The van der Waals surface area contributed by atoms with Gasteiger partial charge < -0.3 is 5.32 Å². The van der Waals surface area contributed by atoms with E-state index in [-0.39, 0.29) is 5.82 Å². The molecule has 1 heterocycles. The smallest absolute Gasteiger partial charge is 0.123 e. The Hall–Kier alpha value is -1.19. The first-order valence-corrected chi connectivity index (χ1v) is 8.01. The van der Waals surface area contributed by atoms with E-state index < -0.39 is 0 Å². The van der Waals surface area contributed by atoms with Crippen LogP contribution < -0.4 is 5.32 Å². The number of hydrogen-bond acceptors (Lipinski definition) is 2. The van der Waals surface area contributed by atoms with Gasteiger partial charge in [-0.05, 0) is 54.4 Å². The van der Waals surface area contributed by atoms with Gasteiger partial charge in [-0.3, -0.25) is 0 Å². The van der Waals surface area contributed by atoms with Crippen molar-refractivity contribution in [3.05, 3.63) is 58.0 Å². The van der Waals surface area contributed by atoms with E-state index in [1.807, 2.05) is 23.5 Å². The highest BCUT2D eigenvalue weighted by Crippen LogP contribution is 2.18. The Morgan fingerprint density at radius 1 is 1.10 bits per heavy atom. The number of hydrogen-bond donors (Lipinski definition) is 1. The first-order valence-electron chi connectivity index (χ1n) is 7.13. The highest BCUT2D eigenvalue weighted by molar-refractivity contribution is 7.09. The monoisotopic (exact) mass is 291 g/mol. The fourth-order valence-electron chi connectivity index (χ4n) is 2.29. The van der Waals surface area contributed by atoms with Crippen molar-refractivity contribution in [3.63, 3.8) is 0 Å². The van der Waals surface area contributed by atoms with Gasteiger partial charge in [-0.1, -0.05) is 32.0 Å². The van der Waals surface area contributed by atoms with Crippen molar-refractivity contribution in [2.45, 2.75) is 32.7 Å². The number of rotatable bonds is 7. The summed E-state index contributed by atoms with van der Waals surface area (Å²) in [7, 11) is 0. The summed E-state index contributed by atoms with van der Waals surface area (Å²) in [5.41, 5.74) is 1.21. The molecule has 0 saturated carbocycles. The fraction of sp³-hybridized carbons (Fsp3) is 0.412. The lowest BCUT2D eigenvalue weighted by Gasteiger charge is -2.19. The van der Waals surface area contributed by atoms with E-state index in [2.05, 4.69) is 36.7 Å². The summed E-state index contributed by atoms with van der Waals surface area (Å²) in [6.45, 7) is 5.33. The van der Waals surface area contributed by atoms with E-state index in [9.17, 15) is 4.39 Å². The van der Waals surface area contributed by atoms with Crippen LogP contribution in [0.15, 0.2) is 41.8 Å². The first kappa shape index (κ1) is 15.2. The van der Waals surface area contributed by atoms with Crippen LogP contribution in [-0.4, -0.2) is 12.6 Å². The van der Waals surface area contributed by atoms with E-state index in [4.69, 9.17) is 0 Å². The third-order valence-electron chi connectivity index (χ3n) is 3.32. The summed E-state index contributed by atoms with van der Waals surface area (Å²) in [6, 6.07) is 11.7. The average molecular weight is 291 g/mol. The molecule has 0 aliphatic rings. The third-order valence-corrected chi connectivity index (χ3v) is 4.22. The molecule has 0 radical (unpaired) electrons. The lowest BCUT2D eigenvalue weighted by atomic mass is 9.95. The Balaban J connectivity index is 1.99. The summed E-state index contributed by atoms with van der Waals surface area (Å²) in [6.07, 6.45) is 2.06. The van der Waals surface area contributed by atoms with Gasteiger partial charge in [-0.15, -0.1) is 11.3 Å². The van der Waals surface area contributed by atoms with Crippen molar-refractivity contribution < 1.29 is 4.39 Å². The van der Waals surface area contributed by atoms with Gasteiger partial charge in [0.15, 0.2) is 0 Å². The zero-order valence-electron chi connectivity index (χ0n) is 12.1. The van der Waals surface area contributed by atoms with Gasteiger partial charge in [0.1, 0.15) is 5.82 Å². The number of benzene rings is 1. The molecule has 108 valence electrons. The second-order valence-corrected chi connectivity index (χ2v) is 6.58. The van der Waals surface area contributed by atoms with E-state index >= 15 is 0 Å². The summed E-state index contributed by atoms with van der Waals surface area (Å²) >= 11 is 1.81. The predicted molar refractivity (Wildman–Crippen MR) is 84.8 cm³/mol. The van der Waals surface area contributed by atoms with Gasteiger partial charge in [0.25, 0.3) is 0 Å². The van der Waals surface area contributed by atoms with Gasteiger partial charge >= 0.3 is 0 Å². The van der Waals surface area contributed by atoms with Crippen molar-refractivity contribution >= 4 is 11.3 Å². The minimum absolute atomic E-state index is 0.163. The summed E-state index contributed by atoms with van der Waals surface area (Å²) < 4.78 is 13.0. The quantitative estimate of drug-likeness (QED) is 0.802. The zero-order chi connectivity index (χ0) is 14.4. The van der Waals surface area contributed by atoms with Crippen molar-refractivity contribution in [3.8, 4) is 0 Å². The largest absolute Gasteiger partial charge is 0.314 e. The van der Waals surface area contributed by atoms with Gasteiger partial charge in [-0.25, -0.2) is 4.39 Å². The molecule has 0 bridgehead atoms. The Kier molecular flexibility index (Phi) is 5.74. The summed E-state index contributed by atoms with van der Waals surface area (Å²) in [5, 5.41) is 5.65. The van der Waals surface area contributed by atoms with Crippen molar-refractivity contribution in [2.24, 2.45) is 5.92 Å². The maximum Gasteiger partial charge on any atom is 0.123 e. The van der Waals surface area contributed by atoms with E-state index in [1.54, 1.807) is 12.1 Å². The molecule has 0 aliphatic heterocycles. The predicted octanol–water partition coefficient (Wildman–Crippen LogP) is 4.29. The molecule has 0 saturated heterocycles. The molecule has 0 aliphatic carbocycles. The topological polar surface area (TPSA) is 12.0 Å². The number of thiophene rings is 1. The third kappa shape index (κ3) is 5.06. The molecule has 1 unspecified atom stereocenters. The minimum Gasteiger partial charge on any atom is -0.314 e.